The molecule has 1 saturated heterocycles. The minimum Gasteiger partial charge on any atom is -0.351 e. The number of amides is 1. The molecule has 1 amide bonds. The Labute approximate surface area is 151 Å². The summed E-state index contributed by atoms with van der Waals surface area (Å²) in [6.07, 6.45) is 2.64. The second kappa shape index (κ2) is 7.83. The largest absolute Gasteiger partial charge is 0.351 e. The molecule has 1 aliphatic rings. The third-order valence-electron chi connectivity index (χ3n) is 4.75. The summed E-state index contributed by atoms with van der Waals surface area (Å²) >= 11 is 7.81. The summed E-state index contributed by atoms with van der Waals surface area (Å²) in [6.45, 7) is 4.50. The minimum atomic E-state index is 0.140. The SMILES string of the molecule is CON1CCC(CC(=O)NCc2sc3ccc(Cl)cc3c2C)CC1. The summed E-state index contributed by atoms with van der Waals surface area (Å²) in [7, 11) is 1.70. The van der Waals surface area contributed by atoms with Crippen LogP contribution in [0.25, 0.3) is 10.1 Å². The van der Waals surface area contributed by atoms with E-state index in [1.165, 1.54) is 20.5 Å². The summed E-state index contributed by atoms with van der Waals surface area (Å²) < 4.78 is 1.22. The molecule has 4 nitrogen and oxygen atoms in total. The van der Waals surface area contributed by atoms with Gasteiger partial charge in [-0.2, -0.15) is 5.06 Å². The van der Waals surface area contributed by atoms with Crippen LogP contribution in [0.2, 0.25) is 5.02 Å². The standard InChI is InChI=1S/C18H23ClN2O2S/c1-12-15-10-14(19)3-4-16(15)24-17(12)11-20-18(22)9-13-5-7-21(23-2)8-6-13/h3-4,10,13H,5-9,11H2,1-2H3,(H,20,22). The molecule has 3 rings (SSSR count). The van der Waals surface area contributed by atoms with E-state index < -0.39 is 0 Å². The van der Waals surface area contributed by atoms with Crippen molar-refractivity contribution in [3.63, 3.8) is 0 Å². The molecule has 0 saturated carbocycles. The van der Waals surface area contributed by atoms with Gasteiger partial charge in [-0.3, -0.25) is 4.79 Å². The van der Waals surface area contributed by atoms with Crippen molar-refractivity contribution < 1.29 is 9.63 Å². The van der Waals surface area contributed by atoms with Crippen molar-refractivity contribution in [2.75, 3.05) is 20.2 Å². The number of halogens is 1. The lowest BCUT2D eigenvalue weighted by atomic mass is 9.94. The molecule has 0 aliphatic carbocycles. The number of rotatable bonds is 5. The van der Waals surface area contributed by atoms with E-state index in [4.69, 9.17) is 16.4 Å². The zero-order chi connectivity index (χ0) is 17.1. The molecule has 1 aromatic heterocycles. The van der Waals surface area contributed by atoms with Crippen LogP contribution in [0.3, 0.4) is 0 Å². The number of hydrogen-bond acceptors (Lipinski definition) is 4. The van der Waals surface area contributed by atoms with Crippen LogP contribution in [-0.4, -0.2) is 31.2 Å². The van der Waals surface area contributed by atoms with Crippen molar-refractivity contribution in [1.29, 1.82) is 0 Å². The highest BCUT2D eigenvalue weighted by molar-refractivity contribution is 7.19. The van der Waals surface area contributed by atoms with Crippen LogP contribution in [-0.2, 0) is 16.2 Å². The van der Waals surface area contributed by atoms with Gasteiger partial charge in [0.15, 0.2) is 0 Å². The van der Waals surface area contributed by atoms with Gasteiger partial charge in [0.25, 0.3) is 0 Å². The number of hydrogen-bond donors (Lipinski definition) is 1. The highest BCUT2D eigenvalue weighted by Gasteiger charge is 2.21. The lowest BCUT2D eigenvalue weighted by Gasteiger charge is -2.29. The third kappa shape index (κ3) is 4.09. The van der Waals surface area contributed by atoms with Crippen molar-refractivity contribution in [3.8, 4) is 0 Å². The van der Waals surface area contributed by atoms with Crippen LogP contribution in [0.1, 0.15) is 29.7 Å². The summed E-state index contributed by atoms with van der Waals surface area (Å²) in [5, 5.41) is 6.98. The van der Waals surface area contributed by atoms with Gasteiger partial charge in [0.2, 0.25) is 5.91 Å². The molecule has 0 radical (unpaired) electrons. The van der Waals surface area contributed by atoms with Gasteiger partial charge >= 0.3 is 0 Å². The number of benzene rings is 1. The number of hydroxylamine groups is 2. The molecule has 1 N–H and O–H groups in total. The quantitative estimate of drug-likeness (QED) is 0.864. The average Bonchev–Trinajstić information content (AvgIpc) is 2.89. The molecule has 24 heavy (non-hydrogen) atoms. The number of carbonyl (C=O) groups is 1. The van der Waals surface area contributed by atoms with Crippen LogP contribution in [0.5, 0.6) is 0 Å². The predicted molar refractivity (Wildman–Crippen MR) is 99.3 cm³/mol. The van der Waals surface area contributed by atoms with Crippen molar-refractivity contribution in [1.82, 2.24) is 10.4 Å². The van der Waals surface area contributed by atoms with E-state index in [1.807, 2.05) is 23.3 Å². The van der Waals surface area contributed by atoms with Crippen LogP contribution in [0, 0.1) is 12.8 Å². The van der Waals surface area contributed by atoms with Gasteiger partial charge in [-0.1, -0.05) is 11.6 Å². The second-order valence-corrected chi connectivity index (χ2v) is 7.90. The smallest absolute Gasteiger partial charge is 0.220 e. The maximum Gasteiger partial charge on any atom is 0.220 e. The fraction of sp³-hybridized carbons (Fsp3) is 0.500. The first-order valence-corrected chi connectivity index (χ1v) is 9.49. The molecule has 0 spiro atoms. The summed E-state index contributed by atoms with van der Waals surface area (Å²) in [5.74, 6) is 0.597. The molecule has 6 heteroatoms. The average molecular weight is 367 g/mol. The van der Waals surface area contributed by atoms with Crippen LogP contribution < -0.4 is 5.32 Å². The molecule has 0 unspecified atom stereocenters. The van der Waals surface area contributed by atoms with Crippen molar-refractivity contribution in [3.05, 3.63) is 33.7 Å². The minimum absolute atomic E-state index is 0.140. The van der Waals surface area contributed by atoms with E-state index in [0.717, 1.165) is 31.0 Å². The predicted octanol–water partition coefficient (Wildman–Crippen LogP) is 4.14. The van der Waals surface area contributed by atoms with Gasteiger partial charge in [-0.05, 0) is 54.8 Å². The Morgan fingerprint density at radius 2 is 2.17 bits per heavy atom. The highest BCUT2D eigenvalue weighted by atomic mass is 35.5. The van der Waals surface area contributed by atoms with Gasteiger partial charge in [0.05, 0.1) is 13.7 Å². The van der Waals surface area contributed by atoms with Gasteiger partial charge in [0, 0.05) is 34.1 Å². The maximum absolute atomic E-state index is 12.2. The van der Waals surface area contributed by atoms with Crippen LogP contribution >= 0.6 is 22.9 Å². The Bertz CT molecular complexity index is 723. The third-order valence-corrected chi connectivity index (χ3v) is 6.26. The number of aryl methyl sites for hydroxylation is 1. The fourth-order valence-corrected chi connectivity index (χ4v) is 4.52. The Balaban J connectivity index is 1.54. The number of fused-ring (bicyclic) bond motifs is 1. The van der Waals surface area contributed by atoms with Gasteiger partial charge in [-0.15, -0.1) is 11.3 Å². The van der Waals surface area contributed by atoms with E-state index in [0.29, 0.717) is 18.9 Å². The highest BCUT2D eigenvalue weighted by Crippen LogP contribution is 2.32. The van der Waals surface area contributed by atoms with Crippen LogP contribution in [0.4, 0.5) is 0 Å². The Morgan fingerprint density at radius 1 is 1.42 bits per heavy atom. The van der Waals surface area contributed by atoms with Crippen molar-refractivity contribution >= 4 is 38.9 Å². The molecule has 2 heterocycles. The van der Waals surface area contributed by atoms with E-state index in [1.54, 1.807) is 18.4 Å². The Kier molecular flexibility index (Phi) is 5.76. The van der Waals surface area contributed by atoms with E-state index in [-0.39, 0.29) is 5.91 Å². The van der Waals surface area contributed by atoms with Gasteiger partial charge in [-0.25, -0.2) is 0 Å². The molecule has 1 aliphatic heterocycles. The second-order valence-electron chi connectivity index (χ2n) is 6.33. The summed E-state index contributed by atoms with van der Waals surface area (Å²) in [4.78, 5) is 18.7. The maximum atomic E-state index is 12.2. The molecular weight excluding hydrogens is 344 g/mol. The number of nitrogens with zero attached hydrogens (tertiary/aromatic N) is 1. The Hall–Kier alpha value is -1.14. The zero-order valence-electron chi connectivity index (χ0n) is 14.1. The first-order chi connectivity index (χ1) is 11.6. The molecule has 1 fully saturated rings. The normalized spacial score (nSPS) is 16.6. The molecular formula is C18H23ClN2O2S. The first kappa shape index (κ1) is 17.7. The number of carbonyl (C=O) groups excluding carboxylic acids is 1. The van der Waals surface area contributed by atoms with E-state index >= 15 is 0 Å². The summed E-state index contributed by atoms with van der Waals surface area (Å²) in [6, 6.07) is 5.95. The van der Waals surface area contributed by atoms with Gasteiger partial charge < -0.3 is 10.2 Å². The van der Waals surface area contributed by atoms with Crippen molar-refractivity contribution in [2.24, 2.45) is 5.92 Å². The van der Waals surface area contributed by atoms with Crippen molar-refractivity contribution in [2.45, 2.75) is 32.7 Å². The molecule has 0 atom stereocenters. The molecule has 130 valence electrons. The molecule has 1 aromatic carbocycles. The molecule has 2 aromatic rings. The Morgan fingerprint density at radius 3 is 2.88 bits per heavy atom. The molecule has 0 bridgehead atoms. The lowest BCUT2D eigenvalue weighted by Crippen LogP contribution is -2.35. The number of thiophene rings is 1. The van der Waals surface area contributed by atoms with E-state index in [9.17, 15) is 4.79 Å². The number of piperidine rings is 1. The monoisotopic (exact) mass is 366 g/mol. The topological polar surface area (TPSA) is 41.6 Å². The fourth-order valence-electron chi connectivity index (χ4n) is 3.22. The van der Waals surface area contributed by atoms with E-state index in [2.05, 4.69) is 12.2 Å². The first-order valence-electron chi connectivity index (χ1n) is 8.30. The number of nitrogens with one attached hydrogen (secondary N) is 1. The van der Waals surface area contributed by atoms with Gasteiger partial charge in [0.1, 0.15) is 0 Å². The van der Waals surface area contributed by atoms with Crippen LogP contribution in [0.15, 0.2) is 18.2 Å². The zero-order valence-corrected chi connectivity index (χ0v) is 15.7. The summed E-state index contributed by atoms with van der Waals surface area (Å²) in [5.41, 5.74) is 1.21. The lowest BCUT2D eigenvalue weighted by molar-refractivity contribution is -0.149.